The molecular formula is C50H38Cl2N4O6. The lowest BCUT2D eigenvalue weighted by atomic mass is 9.91. The molecule has 2 heterocycles. The second kappa shape index (κ2) is 18.7. The average molecular weight is 862 g/mol. The van der Waals surface area contributed by atoms with Crippen LogP contribution in [0.15, 0.2) is 133 Å². The highest BCUT2D eigenvalue weighted by atomic mass is 35.5. The maximum atomic E-state index is 14.2. The second-order valence-electron chi connectivity index (χ2n) is 15.0. The Labute approximate surface area is 368 Å². The van der Waals surface area contributed by atoms with Gasteiger partial charge in [-0.25, -0.2) is 4.79 Å². The minimum absolute atomic E-state index is 0.0678. The van der Waals surface area contributed by atoms with Crippen molar-refractivity contribution in [1.29, 1.82) is 5.26 Å². The fourth-order valence-electron chi connectivity index (χ4n) is 7.46. The van der Waals surface area contributed by atoms with E-state index in [9.17, 15) is 19.5 Å². The van der Waals surface area contributed by atoms with E-state index in [2.05, 4.69) is 28.5 Å². The van der Waals surface area contributed by atoms with Crippen LogP contribution in [0.1, 0.15) is 45.0 Å². The number of carboxylic acids is 1. The molecule has 2 aliphatic rings. The van der Waals surface area contributed by atoms with Crippen LogP contribution < -0.4 is 20.1 Å². The number of rotatable bonds is 11. The molecule has 0 aliphatic carbocycles. The van der Waals surface area contributed by atoms with Crippen molar-refractivity contribution >= 4 is 46.7 Å². The maximum absolute atomic E-state index is 14.2. The number of carbonyl (C=O) groups is 3. The largest absolute Gasteiger partial charge is 0.489 e. The van der Waals surface area contributed by atoms with E-state index in [1.807, 2.05) is 89.8 Å². The minimum atomic E-state index is -1.20. The van der Waals surface area contributed by atoms with E-state index in [0.29, 0.717) is 44.9 Å². The highest BCUT2D eigenvalue weighted by Gasteiger charge is 2.36. The van der Waals surface area contributed by atoms with E-state index in [1.54, 1.807) is 48.5 Å². The monoisotopic (exact) mass is 860 g/mol. The van der Waals surface area contributed by atoms with Crippen molar-refractivity contribution in [3.8, 4) is 40.5 Å². The zero-order chi connectivity index (χ0) is 43.2. The molecule has 62 heavy (non-hydrogen) atoms. The molecule has 0 saturated heterocycles. The molecule has 0 bridgehead atoms. The van der Waals surface area contributed by atoms with Crippen molar-refractivity contribution in [3.63, 3.8) is 0 Å². The zero-order valence-corrected chi connectivity index (χ0v) is 34.6. The number of fused-ring (bicyclic) bond motifs is 2. The molecule has 12 heteroatoms. The van der Waals surface area contributed by atoms with Crippen molar-refractivity contribution in [3.05, 3.63) is 182 Å². The number of carbonyl (C=O) groups excluding carboxylic acids is 2. The van der Waals surface area contributed by atoms with Gasteiger partial charge in [-0.15, -0.1) is 0 Å². The van der Waals surface area contributed by atoms with Gasteiger partial charge in [0.05, 0.1) is 40.0 Å². The van der Waals surface area contributed by atoms with Crippen LogP contribution in [-0.4, -0.2) is 46.4 Å². The number of halogens is 2. The summed E-state index contributed by atoms with van der Waals surface area (Å²) < 4.78 is 12.3. The number of benzene rings is 6. The first-order valence-corrected chi connectivity index (χ1v) is 20.6. The fraction of sp³-hybridized carbons (Fsp3) is 0.160. The van der Waals surface area contributed by atoms with E-state index in [4.69, 9.17) is 37.9 Å². The maximum Gasteiger partial charge on any atom is 0.326 e. The first-order valence-electron chi connectivity index (χ1n) is 19.8. The average Bonchev–Trinajstić information content (AvgIpc) is 3.29. The molecule has 8 rings (SSSR count). The molecule has 2 amide bonds. The van der Waals surface area contributed by atoms with Gasteiger partial charge in [0.1, 0.15) is 24.1 Å². The van der Waals surface area contributed by atoms with Gasteiger partial charge in [0.15, 0.2) is 0 Å². The number of nitrogens with zero attached hydrogens (tertiary/aromatic N) is 2. The Morgan fingerprint density at radius 3 is 2.26 bits per heavy atom. The highest BCUT2D eigenvalue weighted by molar-refractivity contribution is 6.42. The molecule has 0 spiro atoms. The summed E-state index contributed by atoms with van der Waals surface area (Å²) in [4.78, 5) is 42.1. The van der Waals surface area contributed by atoms with Gasteiger partial charge < -0.3 is 25.2 Å². The van der Waals surface area contributed by atoms with Gasteiger partial charge >= 0.3 is 5.97 Å². The number of nitriles is 1. The van der Waals surface area contributed by atoms with Crippen molar-refractivity contribution < 1.29 is 29.0 Å². The number of hydrogen-bond acceptors (Lipinski definition) is 7. The third-order valence-corrected chi connectivity index (χ3v) is 11.5. The van der Waals surface area contributed by atoms with Crippen LogP contribution in [0.4, 0.5) is 5.69 Å². The summed E-state index contributed by atoms with van der Waals surface area (Å²) in [7, 11) is 0. The third kappa shape index (κ3) is 9.76. The van der Waals surface area contributed by atoms with E-state index >= 15 is 0 Å². The summed E-state index contributed by atoms with van der Waals surface area (Å²) in [5.74, 6) is 5.52. The lowest BCUT2D eigenvalue weighted by molar-refractivity contribution is -0.142. The van der Waals surface area contributed by atoms with Gasteiger partial charge in [0, 0.05) is 24.1 Å². The molecule has 308 valence electrons. The quantitative estimate of drug-likeness (QED) is 0.110. The zero-order valence-electron chi connectivity index (χ0n) is 33.1. The number of ether oxygens (including phenoxy) is 2. The Balaban J connectivity index is 0.980. The van der Waals surface area contributed by atoms with Gasteiger partial charge in [-0.1, -0.05) is 108 Å². The molecule has 6 aromatic carbocycles. The van der Waals surface area contributed by atoms with Crippen LogP contribution in [0, 0.1) is 23.2 Å². The fourth-order valence-corrected chi connectivity index (χ4v) is 7.78. The van der Waals surface area contributed by atoms with Crippen LogP contribution >= 0.6 is 23.2 Å². The van der Waals surface area contributed by atoms with Crippen molar-refractivity contribution in [2.75, 3.05) is 11.9 Å². The smallest absolute Gasteiger partial charge is 0.326 e. The number of hydrogen-bond donors (Lipinski definition) is 3. The molecule has 0 fully saturated rings. The molecule has 0 aromatic heterocycles. The standard InChI is InChI=1S/C50H38Cl2N4O6/c51-41-21-12-34(23-42(41)52)30-61-40-19-17-37(18-20-40)47-49(58)54-43-25-38-26-45(56(29-39(38)27-46(43)62-47)22-4-7-31-5-2-1-3-6-31)48(57)55-44(50(59)60)24-32-8-13-35(14-9-32)36-15-10-33(28-53)11-16-36/h1-3,5-6,8-21,23,25,27,44-45,47H,22,24,26,29-30H2,(H,54,58)(H,55,57)(H,59,60)/t44?,45-,47-/m0/s1. The predicted octanol–water partition coefficient (Wildman–Crippen LogP) is 8.77. The first-order chi connectivity index (χ1) is 30.1. The summed E-state index contributed by atoms with van der Waals surface area (Å²) in [5.41, 5.74) is 7.67. The van der Waals surface area contributed by atoms with E-state index < -0.39 is 30.1 Å². The Hall–Kier alpha value is -7.08. The highest BCUT2D eigenvalue weighted by Crippen LogP contribution is 2.40. The van der Waals surface area contributed by atoms with Crippen LogP contribution in [-0.2, 0) is 40.4 Å². The molecule has 3 N–H and O–H groups in total. The molecule has 2 aliphatic heterocycles. The SMILES string of the molecule is N#Cc1ccc(-c2ccc(CC(NC(=O)[C@@H]3Cc4cc5c(cc4CN3CC#Cc3ccccc3)O[C@@H](c3ccc(OCc4ccc(Cl)c(Cl)c4)cc3)C(=O)N5)C(=O)O)cc2)cc1. The van der Waals surface area contributed by atoms with E-state index in [-0.39, 0.29) is 31.9 Å². The van der Waals surface area contributed by atoms with Crippen molar-refractivity contribution in [2.24, 2.45) is 0 Å². The Morgan fingerprint density at radius 2 is 1.56 bits per heavy atom. The first kappa shape index (κ1) is 41.6. The van der Waals surface area contributed by atoms with Gasteiger partial charge in [0.2, 0.25) is 12.0 Å². The van der Waals surface area contributed by atoms with Crippen molar-refractivity contribution in [1.82, 2.24) is 10.2 Å². The van der Waals surface area contributed by atoms with E-state index in [0.717, 1.165) is 38.9 Å². The molecule has 1 unspecified atom stereocenters. The summed E-state index contributed by atoms with van der Waals surface area (Å²) in [6, 6.07) is 40.5. The van der Waals surface area contributed by atoms with Crippen LogP contribution in [0.3, 0.4) is 0 Å². The van der Waals surface area contributed by atoms with Gasteiger partial charge in [0.25, 0.3) is 5.91 Å². The van der Waals surface area contributed by atoms with Crippen LogP contribution in [0.25, 0.3) is 11.1 Å². The molecule has 0 saturated carbocycles. The Kier molecular flexibility index (Phi) is 12.5. The Morgan fingerprint density at radius 1 is 0.855 bits per heavy atom. The topological polar surface area (TPSA) is 141 Å². The summed E-state index contributed by atoms with van der Waals surface area (Å²) in [5, 5.41) is 26.1. The number of nitrogens with one attached hydrogen (secondary N) is 2. The number of anilines is 1. The normalized spacial score (nSPS) is 15.9. The molecule has 3 atom stereocenters. The summed E-state index contributed by atoms with van der Waals surface area (Å²) in [6.07, 6.45) is -0.603. The molecule has 0 radical (unpaired) electrons. The summed E-state index contributed by atoms with van der Waals surface area (Å²) >= 11 is 12.2. The summed E-state index contributed by atoms with van der Waals surface area (Å²) in [6.45, 7) is 0.841. The van der Waals surface area contributed by atoms with Gasteiger partial charge in [-0.3, -0.25) is 14.5 Å². The molecule has 10 nitrogen and oxygen atoms in total. The lowest BCUT2D eigenvalue weighted by Gasteiger charge is -2.36. The predicted molar refractivity (Wildman–Crippen MR) is 237 cm³/mol. The van der Waals surface area contributed by atoms with Crippen LogP contribution in [0.2, 0.25) is 10.0 Å². The van der Waals surface area contributed by atoms with Crippen LogP contribution in [0.5, 0.6) is 11.5 Å². The third-order valence-electron chi connectivity index (χ3n) is 10.8. The lowest BCUT2D eigenvalue weighted by Crippen LogP contribution is -2.54. The number of amides is 2. The van der Waals surface area contributed by atoms with Gasteiger partial charge in [-0.05, 0) is 100 Å². The Bertz CT molecular complexity index is 2750. The second-order valence-corrected chi connectivity index (χ2v) is 15.8. The molecule has 6 aromatic rings. The number of carboxylic acid groups (broad SMARTS) is 1. The number of aliphatic carboxylic acids is 1. The van der Waals surface area contributed by atoms with Crippen molar-refractivity contribution in [2.45, 2.75) is 44.2 Å². The van der Waals surface area contributed by atoms with E-state index in [1.165, 1.54) is 0 Å². The van der Waals surface area contributed by atoms with Gasteiger partial charge in [-0.2, -0.15) is 5.26 Å². The minimum Gasteiger partial charge on any atom is -0.489 e. The molecular weight excluding hydrogens is 823 g/mol.